The number of rotatable bonds is 7. The van der Waals surface area contributed by atoms with Crippen LogP contribution in [0.15, 0.2) is 55.1 Å². The summed E-state index contributed by atoms with van der Waals surface area (Å²) in [6, 6.07) is 15.4. The Morgan fingerprint density at radius 3 is 2.38 bits per heavy atom. The number of Topliss-reactive ketones (excluding diaryl/α,β-unsaturated/α-hetero) is 1. The second-order valence-corrected chi connectivity index (χ2v) is 6.96. The quantitative estimate of drug-likeness (QED) is 0.785. The van der Waals surface area contributed by atoms with E-state index in [9.17, 15) is 9.00 Å². The Balaban J connectivity index is 2.25. The molecule has 0 aliphatic carbocycles. The topological polar surface area (TPSA) is 49.4 Å². The molecule has 0 spiro atoms. The summed E-state index contributed by atoms with van der Waals surface area (Å²) in [6.45, 7) is 6.24. The SMILES string of the molecule is C=C(NCc1ccccc1)c1cc(C(C)=O)cc(N(C)S(C)=O)c1. The minimum atomic E-state index is -1.17. The summed E-state index contributed by atoms with van der Waals surface area (Å²) < 4.78 is 13.4. The van der Waals surface area contributed by atoms with Crippen molar-refractivity contribution in [1.82, 2.24) is 5.32 Å². The van der Waals surface area contributed by atoms with E-state index in [0.29, 0.717) is 12.1 Å². The fourth-order valence-corrected chi connectivity index (χ4v) is 2.63. The molecular weight excluding hydrogens is 320 g/mol. The van der Waals surface area contributed by atoms with Gasteiger partial charge in [-0.3, -0.25) is 9.10 Å². The van der Waals surface area contributed by atoms with Gasteiger partial charge < -0.3 is 5.32 Å². The van der Waals surface area contributed by atoms with Gasteiger partial charge in [0.1, 0.15) is 11.0 Å². The number of anilines is 1. The highest BCUT2D eigenvalue weighted by Gasteiger charge is 2.11. The third kappa shape index (κ3) is 4.55. The molecule has 5 heteroatoms. The molecule has 0 heterocycles. The van der Waals surface area contributed by atoms with Gasteiger partial charge in [-0.1, -0.05) is 36.9 Å². The standard InChI is InChI=1S/C19H22N2O2S/c1-14(20-13-16-8-6-5-7-9-16)17-10-18(15(2)22)12-19(11-17)21(3)24(4)23/h5-12,20H,1,13H2,2-4H3. The summed E-state index contributed by atoms with van der Waals surface area (Å²) in [5.41, 5.74) is 3.97. The Labute approximate surface area is 145 Å². The molecule has 4 nitrogen and oxygen atoms in total. The molecule has 0 aliphatic rings. The van der Waals surface area contributed by atoms with Crippen LogP contribution in [-0.4, -0.2) is 23.3 Å². The molecule has 0 amide bonds. The zero-order valence-corrected chi connectivity index (χ0v) is 15.0. The van der Waals surface area contributed by atoms with E-state index < -0.39 is 11.0 Å². The fraction of sp³-hybridized carbons (Fsp3) is 0.211. The average Bonchev–Trinajstić information content (AvgIpc) is 2.59. The summed E-state index contributed by atoms with van der Waals surface area (Å²) in [5.74, 6) is -0.0377. The first-order valence-corrected chi connectivity index (χ1v) is 9.10. The number of carbonyl (C=O) groups excluding carboxylic acids is 1. The molecule has 0 aromatic heterocycles. The highest BCUT2D eigenvalue weighted by Crippen LogP contribution is 2.23. The smallest absolute Gasteiger partial charge is 0.159 e. The van der Waals surface area contributed by atoms with E-state index in [1.807, 2.05) is 36.4 Å². The predicted octanol–water partition coefficient (Wildman–Crippen LogP) is 3.38. The van der Waals surface area contributed by atoms with E-state index >= 15 is 0 Å². The lowest BCUT2D eigenvalue weighted by molar-refractivity contribution is 0.101. The molecule has 0 saturated carbocycles. The van der Waals surface area contributed by atoms with Crippen LogP contribution in [0.25, 0.3) is 5.70 Å². The lowest BCUT2D eigenvalue weighted by Crippen LogP contribution is -2.20. The number of carbonyl (C=O) groups is 1. The van der Waals surface area contributed by atoms with Crippen LogP contribution in [0.2, 0.25) is 0 Å². The van der Waals surface area contributed by atoms with Gasteiger partial charge in [0.2, 0.25) is 0 Å². The van der Waals surface area contributed by atoms with E-state index in [-0.39, 0.29) is 5.78 Å². The van der Waals surface area contributed by atoms with Crippen molar-refractivity contribution in [2.24, 2.45) is 0 Å². The highest BCUT2D eigenvalue weighted by atomic mass is 32.2. The highest BCUT2D eigenvalue weighted by molar-refractivity contribution is 7.85. The molecule has 2 aromatic rings. The van der Waals surface area contributed by atoms with Crippen LogP contribution in [-0.2, 0) is 17.5 Å². The first kappa shape index (κ1) is 17.9. The van der Waals surface area contributed by atoms with Crippen molar-refractivity contribution in [2.75, 3.05) is 17.6 Å². The Hall–Kier alpha value is -2.40. The zero-order valence-electron chi connectivity index (χ0n) is 14.2. The molecule has 1 atom stereocenters. The first-order valence-electron chi connectivity index (χ1n) is 7.59. The van der Waals surface area contributed by atoms with Crippen LogP contribution in [0, 0.1) is 0 Å². The van der Waals surface area contributed by atoms with Crippen LogP contribution in [0.1, 0.15) is 28.4 Å². The monoisotopic (exact) mass is 342 g/mol. The van der Waals surface area contributed by atoms with Crippen molar-refractivity contribution < 1.29 is 9.00 Å². The van der Waals surface area contributed by atoms with Gasteiger partial charge in [0.05, 0.1) is 5.69 Å². The summed E-state index contributed by atoms with van der Waals surface area (Å²) in [4.78, 5) is 11.8. The van der Waals surface area contributed by atoms with Crippen LogP contribution < -0.4 is 9.62 Å². The molecule has 24 heavy (non-hydrogen) atoms. The average molecular weight is 342 g/mol. The van der Waals surface area contributed by atoms with Gasteiger partial charge in [0, 0.05) is 31.1 Å². The molecule has 2 rings (SSSR count). The number of nitrogens with zero attached hydrogens (tertiary/aromatic N) is 1. The number of benzene rings is 2. The van der Waals surface area contributed by atoms with Crippen molar-refractivity contribution in [3.63, 3.8) is 0 Å². The molecule has 0 fully saturated rings. The van der Waals surface area contributed by atoms with E-state index in [1.165, 1.54) is 6.92 Å². The molecule has 0 radical (unpaired) electrons. The minimum absolute atomic E-state index is 0.0377. The number of hydrogen-bond donors (Lipinski definition) is 1. The van der Waals surface area contributed by atoms with Crippen LogP contribution >= 0.6 is 0 Å². The van der Waals surface area contributed by atoms with Crippen LogP contribution in [0.5, 0.6) is 0 Å². The maximum absolute atomic E-state index is 11.8. The zero-order chi connectivity index (χ0) is 17.7. The second kappa shape index (κ2) is 7.93. The van der Waals surface area contributed by atoms with Crippen molar-refractivity contribution in [2.45, 2.75) is 13.5 Å². The Kier molecular flexibility index (Phi) is 5.93. The van der Waals surface area contributed by atoms with Crippen LogP contribution in [0.3, 0.4) is 0 Å². The van der Waals surface area contributed by atoms with Gasteiger partial charge in [-0.2, -0.15) is 0 Å². The predicted molar refractivity (Wildman–Crippen MR) is 101 cm³/mol. The lowest BCUT2D eigenvalue weighted by Gasteiger charge is -2.19. The normalized spacial score (nSPS) is 11.6. The molecule has 0 bridgehead atoms. The second-order valence-electron chi connectivity index (χ2n) is 5.56. The van der Waals surface area contributed by atoms with E-state index in [1.54, 1.807) is 29.7 Å². The lowest BCUT2D eigenvalue weighted by atomic mass is 10.0. The minimum Gasteiger partial charge on any atom is -0.381 e. The number of nitrogens with one attached hydrogen (secondary N) is 1. The molecule has 1 unspecified atom stereocenters. The summed E-state index contributed by atoms with van der Waals surface area (Å²) in [5, 5.41) is 3.28. The number of ketones is 1. The maximum Gasteiger partial charge on any atom is 0.159 e. The molecule has 0 saturated heterocycles. The molecule has 1 N–H and O–H groups in total. The van der Waals surface area contributed by atoms with Gasteiger partial charge in [-0.05, 0) is 36.2 Å². The van der Waals surface area contributed by atoms with Crippen molar-refractivity contribution in [3.05, 3.63) is 71.8 Å². The summed E-state index contributed by atoms with van der Waals surface area (Å²) >= 11 is 0. The van der Waals surface area contributed by atoms with Crippen molar-refractivity contribution in [1.29, 1.82) is 0 Å². The van der Waals surface area contributed by atoms with E-state index in [4.69, 9.17) is 0 Å². The van der Waals surface area contributed by atoms with Crippen LogP contribution in [0.4, 0.5) is 5.69 Å². The van der Waals surface area contributed by atoms with E-state index in [0.717, 1.165) is 22.5 Å². The Bertz CT molecular complexity index is 772. The third-order valence-electron chi connectivity index (χ3n) is 3.77. The molecule has 0 aliphatic heterocycles. The van der Waals surface area contributed by atoms with E-state index in [2.05, 4.69) is 11.9 Å². The summed E-state index contributed by atoms with van der Waals surface area (Å²) in [7, 11) is 0.570. The van der Waals surface area contributed by atoms with Crippen molar-refractivity contribution >= 4 is 28.2 Å². The van der Waals surface area contributed by atoms with Gasteiger partial charge in [0.15, 0.2) is 5.78 Å². The first-order chi connectivity index (χ1) is 11.4. The molecule has 126 valence electrons. The van der Waals surface area contributed by atoms with Gasteiger partial charge in [0.25, 0.3) is 0 Å². The van der Waals surface area contributed by atoms with Gasteiger partial charge in [-0.15, -0.1) is 0 Å². The number of hydrogen-bond acceptors (Lipinski definition) is 3. The summed E-state index contributed by atoms with van der Waals surface area (Å²) in [6.07, 6.45) is 1.60. The third-order valence-corrected chi connectivity index (χ3v) is 4.75. The molecular formula is C19H22N2O2S. The maximum atomic E-state index is 11.8. The van der Waals surface area contributed by atoms with Crippen molar-refractivity contribution in [3.8, 4) is 0 Å². The Morgan fingerprint density at radius 1 is 1.17 bits per heavy atom. The van der Waals surface area contributed by atoms with Gasteiger partial charge in [-0.25, -0.2) is 4.21 Å². The Morgan fingerprint density at radius 2 is 1.79 bits per heavy atom. The van der Waals surface area contributed by atoms with Gasteiger partial charge >= 0.3 is 0 Å². The molecule has 2 aromatic carbocycles. The largest absolute Gasteiger partial charge is 0.381 e. The fourth-order valence-electron chi connectivity index (χ4n) is 2.23.